The number of nitrogens with one attached hydrogen (secondary N) is 1. The van der Waals surface area contributed by atoms with Gasteiger partial charge in [-0.25, -0.2) is 0 Å². The number of aliphatic hydroxyl groups excluding tert-OH is 1. The summed E-state index contributed by atoms with van der Waals surface area (Å²) in [6.07, 6.45) is 5.08. The van der Waals surface area contributed by atoms with E-state index in [1.807, 2.05) is 0 Å². The first kappa shape index (κ1) is 9.52. The highest BCUT2D eigenvalue weighted by molar-refractivity contribution is 5.73. The summed E-state index contributed by atoms with van der Waals surface area (Å²) in [6, 6.07) is 0. The molecule has 0 aromatic carbocycles. The second-order valence-corrected chi connectivity index (χ2v) is 3.64. The Morgan fingerprint density at radius 3 is 2.50 bits per heavy atom. The van der Waals surface area contributed by atoms with Gasteiger partial charge in [0, 0.05) is 19.1 Å². The number of amides is 1. The van der Waals surface area contributed by atoms with E-state index < -0.39 is 0 Å². The van der Waals surface area contributed by atoms with E-state index in [9.17, 15) is 4.79 Å². The molecule has 12 heavy (non-hydrogen) atoms. The third kappa shape index (κ3) is 2.21. The maximum Gasteiger partial charge on any atom is 0.217 e. The second-order valence-electron chi connectivity index (χ2n) is 3.64. The minimum absolute atomic E-state index is 0.0188. The summed E-state index contributed by atoms with van der Waals surface area (Å²) in [6.45, 7) is 1.71. The van der Waals surface area contributed by atoms with Crippen LogP contribution in [0, 0.1) is 0 Å². The molecule has 1 aliphatic rings. The lowest BCUT2D eigenvalue weighted by molar-refractivity contribution is -0.121. The Labute approximate surface area is 73.2 Å². The molecule has 0 saturated heterocycles. The topological polar surface area (TPSA) is 49.3 Å². The lowest BCUT2D eigenvalue weighted by Crippen LogP contribution is -2.45. The zero-order valence-corrected chi connectivity index (χ0v) is 7.60. The van der Waals surface area contributed by atoms with Crippen LogP contribution in [0.15, 0.2) is 0 Å². The van der Waals surface area contributed by atoms with Crippen LogP contribution in [0.2, 0.25) is 0 Å². The van der Waals surface area contributed by atoms with Crippen molar-refractivity contribution in [2.45, 2.75) is 44.6 Å². The SMILES string of the molecule is CC(=O)NC1(CCO)CCCC1. The predicted octanol–water partition coefficient (Wildman–Crippen LogP) is 0.818. The maximum absolute atomic E-state index is 10.9. The van der Waals surface area contributed by atoms with Crippen LogP contribution in [-0.4, -0.2) is 23.2 Å². The van der Waals surface area contributed by atoms with Crippen LogP contribution in [0.1, 0.15) is 39.0 Å². The summed E-state index contributed by atoms with van der Waals surface area (Å²) in [5.41, 5.74) is -0.0828. The molecule has 0 unspecified atom stereocenters. The van der Waals surface area contributed by atoms with Crippen LogP contribution in [0.5, 0.6) is 0 Å². The summed E-state index contributed by atoms with van der Waals surface area (Å²) in [4.78, 5) is 10.9. The van der Waals surface area contributed by atoms with E-state index in [1.54, 1.807) is 0 Å². The van der Waals surface area contributed by atoms with E-state index in [4.69, 9.17) is 5.11 Å². The molecule has 0 bridgehead atoms. The molecule has 3 heteroatoms. The first-order chi connectivity index (χ1) is 5.68. The highest BCUT2D eigenvalue weighted by Crippen LogP contribution is 2.32. The van der Waals surface area contributed by atoms with Crippen LogP contribution in [0.4, 0.5) is 0 Å². The average Bonchev–Trinajstić information content (AvgIpc) is 2.36. The van der Waals surface area contributed by atoms with Crippen LogP contribution in [0.25, 0.3) is 0 Å². The maximum atomic E-state index is 10.9. The minimum atomic E-state index is -0.0828. The number of hydrogen-bond acceptors (Lipinski definition) is 2. The van der Waals surface area contributed by atoms with Crippen molar-refractivity contribution in [3.05, 3.63) is 0 Å². The summed E-state index contributed by atoms with van der Waals surface area (Å²) in [5, 5.41) is 11.8. The van der Waals surface area contributed by atoms with Gasteiger partial charge in [0.2, 0.25) is 5.91 Å². The molecule has 0 aromatic heterocycles. The molecule has 2 N–H and O–H groups in total. The van der Waals surface area contributed by atoms with Gasteiger partial charge in [0.1, 0.15) is 0 Å². The lowest BCUT2D eigenvalue weighted by Gasteiger charge is -2.28. The van der Waals surface area contributed by atoms with Gasteiger partial charge in [-0.15, -0.1) is 0 Å². The van der Waals surface area contributed by atoms with E-state index in [1.165, 1.54) is 19.8 Å². The Hall–Kier alpha value is -0.570. The molecule has 1 amide bonds. The van der Waals surface area contributed by atoms with Gasteiger partial charge in [-0.05, 0) is 19.3 Å². The molecule has 1 aliphatic carbocycles. The van der Waals surface area contributed by atoms with Gasteiger partial charge in [-0.3, -0.25) is 4.79 Å². The minimum Gasteiger partial charge on any atom is -0.396 e. The standard InChI is InChI=1S/C9H17NO2/c1-8(12)10-9(6-7-11)4-2-3-5-9/h11H,2-7H2,1H3,(H,10,12). The molecular formula is C9H17NO2. The molecule has 0 aliphatic heterocycles. The summed E-state index contributed by atoms with van der Waals surface area (Å²) in [5.74, 6) is 0.0188. The number of carbonyl (C=O) groups excluding carboxylic acids is 1. The molecule has 0 heterocycles. The van der Waals surface area contributed by atoms with Crippen LogP contribution >= 0.6 is 0 Å². The molecular weight excluding hydrogens is 154 g/mol. The van der Waals surface area contributed by atoms with Gasteiger partial charge < -0.3 is 10.4 Å². The summed E-state index contributed by atoms with van der Waals surface area (Å²) >= 11 is 0. The summed E-state index contributed by atoms with van der Waals surface area (Å²) < 4.78 is 0. The Morgan fingerprint density at radius 1 is 1.50 bits per heavy atom. The molecule has 1 rings (SSSR count). The zero-order chi connectivity index (χ0) is 9.03. The zero-order valence-electron chi connectivity index (χ0n) is 7.60. The number of carbonyl (C=O) groups is 1. The van der Waals surface area contributed by atoms with Crippen molar-refractivity contribution in [3.8, 4) is 0 Å². The van der Waals surface area contributed by atoms with Crippen molar-refractivity contribution in [2.24, 2.45) is 0 Å². The first-order valence-electron chi connectivity index (χ1n) is 4.58. The van der Waals surface area contributed by atoms with Crippen molar-refractivity contribution in [1.82, 2.24) is 5.32 Å². The third-order valence-electron chi connectivity index (χ3n) is 2.59. The van der Waals surface area contributed by atoms with E-state index in [0.717, 1.165) is 12.8 Å². The molecule has 1 saturated carbocycles. The fourth-order valence-corrected chi connectivity index (χ4v) is 2.08. The Morgan fingerprint density at radius 2 is 2.08 bits per heavy atom. The van der Waals surface area contributed by atoms with E-state index in [2.05, 4.69) is 5.32 Å². The van der Waals surface area contributed by atoms with Crippen LogP contribution < -0.4 is 5.32 Å². The van der Waals surface area contributed by atoms with Crippen molar-refractivity contribution in [3.63, 3.8) is 0 Å². The van der Waals surface area contributed by atoms with Gasteiger partial charge in [0.05, 0.1) is 0 Å². The van der Waals surface area contributed by atoms with Crippen molar-refractivity contribution in [2.75, 3.05) is 6.61 Å². The van der Waals surface area contributed by atoms with Crippen LogP contribution in [-0.2, 0) is 4.79 Å². The van der Waals surface area contributed by atoms with Crippen molar-refractivity contribution < 1.29 is 9.90 Å². The summed E-state index contributed by atoms with van der Waals surface area (Å²) in [7, 11) is 0. The highest BCUT2D eigenvalue weighted by Gasteiger charge is 2.33. The fourth-order valence-electron chi connectivity index (χ4n) is 2.08. The molecule has 0 spiro atoms. The average molecular weight is 171 g/mol. The van der Waals surface area contributed by atoms with Gasteiger partial charge in [0.25, 0.3) is 0 Å². The molecule has 70 valence electrons. The smallest absolute Gasteiger partial charge is 0.217 e. The Balaban J connectivity index is 2.52. The predicted molar refractivity (Wildman–Crippen MR) is 46.7 cm³/mol. The molecule has 1 fully saturated rings. The largest absolute Gasteiger partial charge is 0.396 e. The van der Waals surface area contributed by atoms with Gasteiger partial charge in [0.15, 0.2) is 0 Å². The third-order valence-corrected chi connectivity index (χ3v) is 2.59. The van der Waals surface area contributed by atoms with Gasteiger partial charge in [-0.2, -0.15) is 0 Å². The van der Waals surface area contributed by atoms with E-state index in [0.29, 0.717) is 6.42 Å². The van der Waals surface area contributed by atoms with E-state index in [-0.39, 0.29) is 18.1 Å². The van der Waals surface area contributed by atoms with E-state index >= 15 is 0 Å². The Kier molecular flexibility index (Phi) is 3.09. The Bertz CT molecular complexity index is 162. The molecule has 0 atom stereocenters. The van der Waals surface area contributed by atoms with Crippen molar-refractivity contribution >= 4 is 5.91 Å². The molecule has 0 radical (unpaired) electrons. The number of rotatable bonds is 3. The highest BCUT2D eigenvalue weighted by atomic mass is 16.3. The van der Waals surface area contributed by atoms with Gasteiger partial charge in [-0.1, -0.05) is 12.8 Å². The number of aliphatic hydroxyl groups is 1. The van der Waals surface area contributed by atoms with Crippen LogP contribution in [0.3, 0.4) is 0 Å². The lowest BCUT2D eigenvalue weighted by atomic mass is 9.93. The molecule has 0 aromatic rings. The van der Waals surface area contributed by atoms with Crippen molar-refractivity contribution in [1.29, 1.82) is 0 Å². The fraction of sp³-hybridized carbons (Fsp3) is 0.889. The molecule has 3 nitrogen and oxygen atoms in total. The normalized spacial score (nSPS) is 20.8. The quantitative estimate of drug-likeness (QED) is 0.660. The second kappa shape index (κ2) is 3.90. The van der Waals surface area contributed by atoms with Gasteiger partial charge >= 0.3 is 0 Å². The monoisotopic (exact) mass is 171 g/mol. The number of hydrogen-bond donors (Lipinski definition) is 2. The first-order valence-corrected chi connectivity index (χ1v) is 4.58.